The lowest BCUT2D eigenvalue weighted by Crippen LogP contribution is -2.39. The Morgan fingerprint density at radius 1 is 1.36 bits per heavy atom. The van der Waals surface area contributed by atoms with Crippen molar-refractivity contribution in [2.45, 2.75) is 25.3 Å². The zero-order chi connectivity index (χ0) is 20.3. The Morgan fingerprint density at radius 3 is 2.71 bits per heavy atom. The van der Waals surface area contributed by atoms with Crippen LogP contribution in [0.2, 0.25) is 5.02 Å². The minimum atomic E-state index is -0.238. The maximum atomic E-state index is 12.1. The van der Waals surface area contributed by atoms with E-state index in [0.29, 0.717) is 22.6 Å². The fourth-order valence-electron chi connectivity index (χ4n) is 2.83. The molecule has 0 spiro atoms. The predicted molar refractivity (Wildman–Crippen MR) is 112 cm³/mol. The van der Waals surface area contributed by atoms with Gasteiger partial charge in [0.2, 0.25) is 0 Å². The quantitative estimate of drug-likeness (QED) is 0.802. The van der Waals surface area contributed by atoms with Gasteiger partial charge in [-0.05, 0) is 43.2 Å². The number of hydrogen-bond acceptors (Lipinski definition) is 5. The number of hydrogen-bond donors (Lipinski definition) is 1. The number of nitrogens with zero attached hydrogens (tertiary/aromatic N) is 4. The fourth-order valence-corrected chi connectivity index (χ4v) is 3.00. The lowest BCUT2D eigenvalue weighted by molar-refractivity contribution is -0.108. The first-order valence-electron chi connectivity index (χ1n) is 8.92. The van der Waals surface area contributed by atoms with Crippen LogP contribution in [-0.2, 0) is 11.3 Å². The summed E-state index contributed by atoms with van der Waals surface area (Å²) >= 11 is 5.98. The number of rotatable bonds is 3. The zero-order valence-electron chi connectivity index (χ0n) is 15.9. The van der Waals surface area contributed by atoms with Crippen LogP contribution in [0.3, 0.4) is 0 Å². The Kier molecular flexibility index (Phi) is 5.94. The van der Waals surface area contributed by atoms with E-state index in [0.717, 1.165) is 35.5 Å². The molecule has 1 aromatic heterocycles. The normalized spacial score (nSPS) is 17.3. The van der Waals surface area contributed by atoms with E-state index >= 15 is 0 Å². The summed E-state index contributed by atoms with van der Waals surface area (Å²) in [4.78, 5) is 26.7. The van der Waals surface area contributed by atoms with Crippen LogP contribution < -0.4 is 11.0 Å². The van der Waals surface area contributed by atoms with Crippen molar-refractivity contribution in [1.82, 2.24) is 20.2 Å². The Hall–Kier alpha value is -2.93. The summed E-state index contributed by atoms with van der Waals surface area (Å²) in [5.74, 6) is 1.25. The lowest BCUT2D eigenvalue weighted by Gasteiger charge is -2.24. The van der Waals surface area contributed by atoms with E-state index in [-0.39, 0.29) is 12.1 Å². The van der Waals surface area contributed by atoms with Crippen molar-refractivity contribution >= 4 is 34.5 Å². The van der Waals surface area contributed by atoms with Crippen molar-refractivity contribution in [3.8, 4) is 0 Å². The molecule has 7 nitrogen and oxygen atoms in total. The third-order valence-corrected chi connectivity index (χ3v) is 4.79. The molecule has 0 radical (unpaired) electrons. The minimum Gasteiger partial charge on any atom is -0.301 e. The molecule has 1 aliphatic heterocycles. The molecule has 0 unspecified atom stereocenters. The molecule has 0 bridgehead atoms. The summed E-state index contributed by atoms with van der Waals surface area (Å²) < 4.78 is 1.23. The highest BCUT2D eigenvalue weighted by Gasteiger charge is 2.28. The van der Waals surface area contributed by atoms with Gasteiger partial charge in [-0.15, -0.1) is 0 Å². The summed E-state index contributed by atoms with van der Waals surface area (Å²) in [6.45, 7) is 3.78. The Morgan fingerprint density at radius 2 is 2.11 bits per heavy atom. The molecule has 1 aliphatic carbocycles. The first kappa shape index (κ1) is 19.8. The summed E-state index contributed by atoms with van der Waals surface area (Å²) in [5.41, 5.74) is 4.60. The van der Waals surface area contributed by atoms with Crippen molar-refractivity contribution in [3.63, 3.8) is 0 Å². The van der Waals surface area contributed by atoms with Crippen molar-refractivity contribution < 1.29 is 4.79 Å². The van der Waals surface area contributed by atoms with Gasteiger partial charge in [0.15, 0.2) is 0 Å². The van der Waals surface area contributed by atoms with Crippen LogP contribution in [0, 0.1) is 0 Å². The van der Waals surface area contributed by atoms with Crippen molar-refractivity contribution in [3.05, 3.63) is 63.7 Å². The third kappa shape index (κ3) is 4.31. The van der Waals surface area contributed by atoms with Crippen LogP contribution in [-0.4, -0.2) is 41.0 Å². The van der Waals surface area contributed by atoms with Crippen LogP contribution in [0.25, 0.3) is 10.8 Å². The molecule has 1 fully saturated rings. The molecule has 2 aliphatic rings. The molecule has 4 rings (SSSR count). The molecule has 0 atom stereocenters. The maximum Gasteiger partial charge on any atom is 0.275 e. The van der Waals surface area contributed by atoms with Crippen LogP contribution in [0.5, 0.6) is 0 Å². The SMILES string of the molecule is C=C1C=CC(=NC)NN1C.O=CCn1nc(C2CC2)c2cc(Cl)ccc2c1=O. The van der Waals surface area contributed by atoms with Gasteiger partial charge in [-0.1, -0.05) is 18.2 Å². The zero-order valence-corrected chi connectivity index (χ0v) is 16.6. The topological polar surface area (TPSA) is 79.6 Å². The van der Waals surface area contributed by atoms with E-state index < -0.39 is 0 Å². The molecule has 1 aromatic carbocycles. The highest BCUT2D eigenvalue weighted by molar-refractivity contribution is 6.31. The number of aliphatic imine (C=N–C) groups is 1. The largest absolute Gasteiger partial charge is 0.301 e. The van der Waals surface area contributed by atoms with Gasteiger partial charge >= 0.3 is 0 Å². The second-order valence-corrected chi connectivity index (χ2v) is 7.04. The third-order valence-electron chi connectivity index (χ3n) is 4.55. The molecule has 1 saturated carbocycles. The number of allylic oxidation sites excluding steroid dienone is 1. The van der Waals surface area contributed by atoms with Crippen molar-refractivity contribution in [2.75, 3.05) is 14.1 Å². The Bertz CT molecular complexity index is 1040. The highest BCUT2D eigenvalue weighted by atomic mass is 35.5. The number of aldehydes is 1. The summed E-state index contributed by atoms with van der Waals surface area (Å²) in [6, 6.07) is 5.17. The first-order chi connectivity index (χ1) is 13.4. The van der Waals surface area contributed by atoms with Crippen molar-refractivity contribution in [1.29, 1.82) is 0 Å². The smallest absolute Gasteiger partial charge is 0.275 e. The van der Waals surface area contributed by atoms with Gasteiger partial charge in [0.05, 0.1) is 11.1 Å². The van der Waals surface area contributed by atoms with Gasteiger partial charge in [0, 0.05) is 36.1 Å². The molecule has 0 amide bonds. The molecule has 1 N–H and O–H groups in total. The molecule has 2 aromatic rings. The van der Waals surface area contributed by atoms with E-state index in [9.17, 15) is 9.59 Å². The Labute approximate surface area is 168 Å². The second kappa shape index (κ2) is 8.39. The number of benzene rings is 1. The molecular formula is C20H22ClN5O2. The van der Waals surface area contributed by atoms with Crippen molar-refractivity contribution in [2.24, 2.45) is 4.99 Å². The van der Waals surface area contributed by atoms with Gasteiger partial charge in [-0.3, -0.25) is 20.2 Å². The molecular weight excluding hydrogens is 378 g/mol. The summed E-state index contributed by atoms with van der Waals surface area (Å²) in [7, 11) is 3.64. The van der Waals surface area contributed by atoms with Gasteiger partial charge in [0.25, 0.3) is 5.56 Å². The average molecular weight is 400 g/mol. The van der Waals surface area contributed by atoms with E-state index in [1.807, 2.05) is 24.2 Å². The second-order valence-electron chi connectivity index (χ2n) is 6.61. The minimum absolute atomic E-state index is 0.00286. The maximum absolute atomic E-state index is 12.1. The average Bonchev–Trinajstić information content (AvgIpc) is 3.52. The van der Waals surface area contributed by atoms with Gasteiger partial charge < -0.3 is 4.79 Å². The number of amidine groups is 1. The number of likely N-dealkylation sites (N-methyl/N-ethyl adjacent to an activating group) is 1. The van der Waals surface area contributed by atoms with E-state index in [2.05, 4.69) is 22.1 Å². The van der Waals surface area contributed by atoms with Gasteiger partial charge in [-0.25, -0.2) is 4.68 Å². The molecule has 8 heteroatoms. The Balaban J connectivity index is 0.000000192. The number of carbonyl (C=O) groups is 1. The standard InChI is InChI=1S/C13H11ClN2O2.C7H11N3/c14-9-3-4-10-11(7-9)12(8-1-2-8)15-16(5-6-17)13(10)18;1-6-4-5-7(8-2)9-10(6)3/h3-4,6-8H,1-2,5H2;4-5H,1H2,2-3H3,(H,8,9). The molecule has 0 saturated heterocycles. The number of aromatic nitrogens is 2. The van der Waals surface area contributed by atoms with E-state index in [1.165, 1.54) is 4.68 Å². The number of fused-ring (bicyclic) bond motifs is 1. The van der Waals surface area contributed by atoms with Crippen LogP contribution in [0.15, 0.2) is 52.4 Å². The van der Waals surface area contributed by atoms with Crippen LogP contribution >= 0.6 is 11.6 Å². The molecule has 2 heterocycles. The van der Waals surface area contributed by atoms with Gasteiger partial charge in [0.1, 0.15) is 18.7 Å². The van der Waals surface area contributed by atoms with Crippen LogP contribution in [0.1, 0.15) is 24.5 Å². The van der Waals surface area contributed by atoms with E-state index in [4.69, 9.17) is 11.6 Å². The lowest BCUT2D eigenvalue weighted by atomic mass is 10.1. The van der Waals surface area contributed by atoms with Crippen LogP contribution in [0.4, 0.5) is 0 Å². The predicted octanol–water partition coefficient (Wildman–Crippen LogP) is 2.66. The highest BCUT2D eigenvalue weighted by Crippen LogP contribution is 2.41. The number of halogens is 1. The summed E-state index contributed by atoms with van der Waals surface area (Å²) in [6.07, 6.45) is 6.65. The molecule has 146 valence electrons. The first-order valence-corrected chi connectivity index (χ1v) is 9.30. The monoisotopic (exact) mass is 399 g/mol. The number of hydrazine groups is 1. The summed E-state index contributed by atoms with van der Waals surface area (Å²) in [5, 5.41) is 8.12. The van der Waals surface area contributed by atoms with Gasteiger partial charge in [-0.2, -0.15) is 5.10 Å². The number of carbonyl (C=O) groups excluding carboxylic acids is 1. The number of nitrogens with one attached hydrogen (secondary N) is 1. The fraction of sp³-hybridized carbons (Fsp3) is 0.300. The van der Waals surface area contributed by atoms with E-state index in [1.54, 1.807) is 25.2 Å². The molecule has 28 heavy (non-hydrogen) atoms.